The van der Waals surface area contributed by atoms with Crippen molar-refractivity contribution in [1.82, 2.24) is 20.1 Å². The van der Waals surface area contributed by atoms with E-state index in [0.29, 0.717) is 24.2 Å². The number of benzene rings is 1. The lowest BCUT2D eigenvalue weighted by molar-refractivity contribution is -0.182. The predicted molar refractivity (Wildman–Crippen MR) is 128 cm³/mol. The van der Waals surface area contributed by atoms with E-state index in [4.69, 9.17) is 4.74 Å². The lowest BCUT2D eigenvalue weighted by Crippen LogP contribution is -2.51. The zero-order valence-corrected chi connectivity index (χ0v) is 20.3. The summed E-state index contributed by atoms with van der Waals surface area (Å²) in [7, 11) is 0. The second kappa shape index (κ2) is 8.95. The smallest absolute Gasteiger partial charge is 0.408 e. The molecule has 2 aromatic heterocycles. The minimum atomic E-state index is -4.54. The first-order chi connectivity index (χ1) is 18.2. The Morgan fingerprint density at radius 2 is 1.97 bits per heavy atom. The zero-order valence-electron chi connectivity index (χ0n) is 20.3. The average molecular weight is 532 g/mol. The van der Waals surface area contributed by atoms with Crippen molar-refractivity contribution in [1.29, 1.82) is 0 Å². The molecule has 200 valence electrons. The van der Waals surface area contributed by atoms with E-state index in [0.717, 1.165) is 10.3 Å². The van der Waals surface area contributed by atoms with Gasteiger partial charge in [0.05, 0.1) is 29.6 Å². The quantitative estimate of drug-likeness (QED) is 0.509. The minimum Gasteiger partial charge on any atom is -0.489 e. The third kappa shape index (κ3) is 3.97. The maximum absolute atomic E-state index is 15.2. The van der Waals surface area contributed by atoms with E-state index in [2.05, 4.69) is 15.2 Å². The number of nitrogens with zero attached hydrogens (tertiary/aromatic N) is 4. The van der Waals surface area contributed by atoms with Gasteiger partial charge in [-0.1, -0.05) is 6.07 Å². The lowest BCUT2D eigenvalue weighted by atomic mass is 9.69. The van der Waals surface area contributed by atoms with Crippen LogP contribution in [0.25, 0.3) is 11.0 Å². The van der Waals surface area contributed by atoms with Crippen molar-refractivity contribution >= 4 is 28.5 Å². The summed E-state index contributed by atoms with van der Waals surface area (Å²) in [5.74, 6) is -1.24. The summed E-state index contributed by atoms with van der Waals surface area (Å²) in [5.41, 5.74) is -0.0949. The number of ether oxygens (including phenoxy) is 1. The fourth-order valence-corrected chi connectivity index (χ4v) is 6.21. The Hall–Kier alpha value is -3.70. The molecule has 6 rings (SSSR count). The van der Waals surface area contributed by atoms with Gasteiger partial charge in [-0.3, -0.25) is 14.7 Å². The predicted octanol–water partition coefficient (Wildman–Crippen LogP) is 4.26. The van der Waals surface area contributed by atoms with Crippen molar-refractivity contribution < 1.29 is 31.9 Å². The van der Waals surface area contributed by atoms with Crippen molar-refractivity contribution in [3.05, 3.63) is 48.0 Å². The van der Waals surface area contributed by atoms with Crippen molar-refractivity contribution in [2.45, 2.75) is 62.3 Å². The maximum Gasteiger partial charge on any atom is 0.408 e. The second-order valence-electron chi connectivity index (χ2n) is 10.2. The van der Waals surface area contributed by atoms with E-state index in [1.807, 2.05) is 6.07 Å². The summed E-state index contributed by atoms with van der Waals surface area (Å²) in [6, 6.07) is 4.22. The van der Waals surface area contributed by atoms with Crippen molar-refractivity contribution in [3.8, 4) is 5.75 Å². The molecule has 3 aromatic rings. The van der Waals surface area contributed by atoms with Crippen LogP contribution in [-0.4, -0.2) is 63.3 Å². The summed E-state index contributed by atoms with van der Waals surface area (Å²) < 4.78 is 61.7. The summed E-state index contributed by atoms with van der Waals surface area (Å²) in [6.07, 6.45) is -0.00860. The summed E-state index contributed by atoms with van der Waals surface area (Å²) >= 11 is 0. The SMILES string of the molecule is O=C(CN1C(=O)C2(CCC(Oc3cnc4[nH]ncc4c3)CC2)c2c(F)cccc21)N1CCC[C@H]1C(F)(F)F. The Balaban J connectivity index is 1.21. The van der Waals surface area contributed by atoms with Gasteiger partial charge in [0, 0.05) is 17.5 Å². The number of likely N-dealkylation sites (tertiary alicyclic amines) is 1. The topological polar surface area (TPSA) is 91.4 Å². The number of aromatic amines is 1. The Kier molecular flexibility index (Phi) is 5.80. The van der Waals surface area contributed by atoms with E-state index in [1.165, 1.54) is 17.0 Å². The highest BCUT2D eigenvalue weighted by Crippen LogP contribution is 2.51. The molecule has 2 fully saturated rings. The van der Waals surface area contributed by atoms with Gasteiger partial charge in [0.1, 0.15) is 24.2 Å². The molecule has 3 aliphatic rings. The van der Waals surface area contributed by atoms with Gasteiger partial charge in [-0.25, -0.2) is 9.37 Å². The fourth-order valence-electron chi connectivity index (χ4n) is 6.21. The van der Waals surface area contributed by atoms with Crippen LogP contribution in [0.1, 0.15) is 44.1 Å². The first-order valence-electron chi connectivity index (χ1n) is 12.6. The Morgan fingerprint density at radius 3 is 2.74 bits per heavy atom. The van der Waals surface area contributed by atoms with Crippen LogP contribution in [0.4, 0.5) is 23.2 Å². The first-order valence-corrected chi connectivity index (χ1v) is 12.6. The molecule has 1 aromatic carbocycles. The number of halogens is 4. The van der Waals surface area contributed by atoms with Crippen LogP contribution in [0.5, 0.6) is 5.75 Å². The average Bonchev–Trinajstić information content (AvgIpc) is 3.61. The maximum atomic E-state index is 15.2. The first kappa shape index (κ1) is 24.6. The van der Waals surface area contributed by atoms with E-state index in [9.17, 15) is 22.8 Å². The Bertz CT molecular complexity index is 1400. The monoisotopic (exact) mass is 531 g/mol. The van der Waals surface area contributed by atoms with Gasteiger partial charge < -0.3 is 14.5 Å². The van der Waals surface area contributed by atoms with Crippen molar-refractivity contribution in [2.75, 3.05) is 18.0 Å². The summed E-state index contributed by atoms with van der Waals surface area (Å²) in [6.45, 7) is -0.579. The number of hydrogen-bond donors (Lipinski definition) is 1. The van der Waals surface area contributed by atoms with Crippen LogP contribution in [0, 0.1) is 5.82 Å². The molecule has 1 aliphatic carbocycles. The number of amides is 2. The third-order valence-electron chi connectivity index (χ3n) is 8.01. The molecule has 1 saturated heterocycles. The molecule has 1 atom stereocenters. The number of carbonyl (C=O) groups is 2. The Morgan fingerprint density at radius 1 is 1.18 bits per heavy atom. The molecule has 1 saturated carbocycles. The highest BCUT2D eigenvalue weighted by Gasteiger charge is 2.55. The number of pyridine rings is 1. The highest BCUT2D eigenvalue weighted by molar-refractivity contribution is 6.10. The number of H-pyrrole nitrogens is 1. The molecule has 0 bridgehead atoms. The normalized spacial score (nSPS) is 25.4. The molecule has 1 spiro atoms. The van der Waals surface area contributed by atoms with E-state index >= 15 is 4.39 Å². The number of alkyl halides is 3. The number of aromatic nitrogens is 3. The molecule has 1 N–H and O–H groups in total. The number of hydrogen-bond acceptors (Lipinski definition) is 5. The lowest BCUT2D eigenvalue weighted by Gasteiger charge is -2.36. The van der Waals surface area contributed by atoms with Crippen molar-refractivity contribution in [2.24, 2.45) is 0 Å². The van der Waals surface area contributed by atoms with Gasteiger partial charge in [-0.05, 0) is 56.7 Å². The van der Waals surface area contributed by atoms with Crippen LogP contribution >= 0.6 is 0 Å². The van der Waals surface area contributed by atoms with Crippen LogP contribution in [0.3, 0.4) is 0 Å². The van der Waals surface area contributed by atoms with Gasteiger partial charge in [0.2, 0.25) is 11.8 Å². The van der Waals surface area contributed by atoms with Gasteiger partial charge in [-0.2, -0.15) is 18.3 Å². The van der Waals surface area contributed by atoms with Gasteiger partial charge in [-0.15, -0.1) is 0 Å². The zero-order chi connectivity index (χ0) is 26.7. The van der Waals surface area contributed by atoms with Crippen LogP contribution in [-0.2, 0) is 15.0 Å². The van der Waals surface area contributed by atoms with Crippen LogP contribution < -0.4 is 9.64 Å². The molecule has 38 heavy (non-hydrogen) atoms. The van der Waals surface area contributed by atoms with E-state index in [1.54, 1.807) is 18.5 Å². The second-order valence-corrected chi connectivity index (χ2v) is 10.2. The van der Waals surface area contributed by atoms with E-state index < -0.39 is 41.8 Å². The minimum absolute atomic E-state index is 0.0231. The molecule has 4 heterocycles. The Labute approximate surface area is 214 Å². The number of fused-ring (bicyclic) bond motifs is 3. The molecule has 8 nitrogen and oxygen atoms in total. The fraction of sp³-hybridized carbons (Fsp3) is 0.462. The molecule has 0 unspecified atom stereocenters. The molecular formula is C26H25F4N5O3. The molecule has 2 amide bonds. The molecular weight excluding hydrogens is 506 g/mol. The summed E-state index contributed by atoms with van der Waals surface area (Å²) in [5, 5.41) is 7.51. The standard InChI is InChI=1S/C26H25F4N5O3/c27-18-3-1-4-19-22(18)25(24(37)35(19)14-21(36)34-10-2-5-20(34)26(28,29)30)8-6-16(7-9-25)38-17-11-15-12-32-33-23(15)31-13-17/h1,3-4,11-13,16,20H,2,5-10,14H2,(H,31,32,33)/t16?,20-,25?/m0/s1. The van der Waals surface area contributed by atoms with Crippen LogP contribution in [0.2, 0.25) is 0 Å². The van der Waals surface area contributed by atoms with E-state index in [-0.39, 0.29) is 49.6 Å². The van der Waals surface area contributed by atoms with Gasteiger partial charge >= 0.3 is 6.18 Å². The van der Waals surface area contributed by atoms with Gasteiger partial charge in [0.15, 0.2) is 5.65 Å². The molecule has 2 aliphatic heterocycles. The van der Waals surface area contributed by atoms with Crippen LogP contribution in [0.15, 0.2) is 36.7 Å². The van der Waals surface area contributed by atoms with Gasteiger partial charge in [0.25, 0.3) is 0 Å². The third-order valence-corrected chi connectivity index (χ3v) is 8.01. The summed E-state index contributed by atoms with van der Waals surface area (Å²) in [4.78, 5) is 33.0. The number of carbonyl (C=O) groups excluding carboxylic acids is 2. The number of nitrogens with one attached hydrogen (secondary N) is 1. The molecule has 0 radical (unpaired) electrons. The largest absolute Gasteiger partial charge is 0.489 e. The van der Waals surface area contributed by atoms with Crippen molar-refractivity contribution in [3.63, 3.8) is 0 Å². The number of anilines is 1. The highest BCUT2D eigenvalue weighted by atomic mass is 19.4. The molecule has 12 heteroatoms. The number of rotatable bonds is 4.